The molecule has 5 nitrogen and oxygen atoms in total. The molecule has 8 heteroatoms. The van der Waals surface area contributed by atoms with Crippen LogP contribution >= 0.6 is 0 Å². The van der Waals surface area contributed by atoms with Crippen molar-refractivity contribution in [3.63, 3.8) is 0 Å². The minimum Gasteiger partial charge on any atom is -0.492 e. The van der Waals surface area contributed by atoms with Crippen molar-refractivity contribution in [3.05, 3.63) is 66.2 Å². The van der Waals surface area contributed by atoms with Crippen LogP contribution in [0.4, 0.5) is 18.9 Å². The van der Waals surface area contributed by atoms with E-state index >= 15 is 0 Å². The molecule has 0 radical (unpaired) electrons. The minimum atomic E-state index is -4.62. The van der Waals surface area contributed by atoms with Gasteiger partial charge in [0.15, 0.2) is 12.2 Å². The van der Waals surface area contributed by atoms with Crippen LogP contribution in [0.5, 0.6) is 5.75 Å². The highest BCUT2D eigenvalue weighted by molar-refractivity contribution is 5.93. The number of aromatic nitrogens is 1. The number of oxazole rings is 1. The summed E-state index contributed by atoms with van der Waals surface area (Å²) >= 11 is 0. The highest BCUT2D eigenvalue weighted by atomic mass is 19.4. The summed E-state index contributed by atoms with van der Waals surface area (Å²) in [6.45, 7) is 0.172. The molecule has 0 aliphatic carbocycles. The summed E-state index contributed by atoms with van der Waals surface area (Å²) in [5, 5.41) is 2.56. The van der Waals surface area contributed by atoms with E-state index in [1.165, 1.54) is 18.3 Å². The maximum Gasteiger partial charge on any atom is 0.417 e. The van der Waals surface area contributed by atoms with E-state index in [1.807, 2.05) is 24.3 Å². The molecule has 0 bridgehead atoms. The first-order valence-electron chi connectivity index (χ1n) is 8.53. The lowest BCUT2D eigenvalue weighted by molar-refractivity contribution is -0.137. The number of carbonyl (C=O) groups is 1. The molecule has 28 heavy (non-hydrogen) atoms. The predicted octanol–water partition coefficient (Wildman–Crippen LogP) is 4.55. The number of para-hydroxylation sites is 1. The van der Waals surface area contributed by atoms with Gasteiger partial charge >= 0.3 is 6.18 Å². The second kappa shape index (κ2) is 7.03. The van der Waals surface area contributed by atoms with Gasteiger partial charge in [0.2, 0.25) is 5.91 Å². The van der Waals surface area contributed by atoms with Crippen molar-refractivity contribution in [3.8, 4) is 17.1 Å². The fourth-order valence-electron chi connectivity index (χ4n) is 3.16. The van der Waals surface area contributed by atoms with Gasteiger partial charge in [-0.1, -0.05) is 18.2 Å². The third-order valence-electron chi connectivity index (χ3n) is 4.54. The van der Waals surface area contributed by atoms with E-state index in [1.54, 1.807) is 0 Å². The molecular formula is C20H15F3N2O3. The van der Waals surface area contributed by atoms with Gasteiger partial charge in [-0.05, 0) is 36.2 Å². The molecule has 1 N–H and O–H groups in total. The number of rotatable bonds is 3. The zero-order chi connectivity index (χ0) is 19.7. The highest BCUT2D eigenvalue weighted by Gasteiger charge is 2.35. The number of benzene rings is 2. The molecule has 1 atom stereocenters. The van der Waals surface area contributed by atoms with Crippen molar-refractivity contribution in [2.75, 3.05) is 11.9 Å². The molecule has 0 fully saturated rings. The zero-order valence-electron chi connectivity index (χ0n) is 14.5. The van der Waals surface area contributed by atoms with Crippen LogP contribution in [0.15, 0.2) is 59.5 Å². The monoisotopic (exact) mass is 388 g/mol. The summed E-state index contributed by atoms with van der Waals surface area (Å²) in [5.74, 6) is -0.155. The topological polar surface area (TPSA) is 64.4 Å². The van der Waals surface area contributed by atoms with E-state index in [2.05, 4.69) is 10.3 Å². The number of fused-ring (bicyclic) bond motifs is 1. The van der Waals surface area contributed by atoms with Crippen LogP contribution in [0.1, 0.15) is 11.1 Å². The Balaban J connectivity index is 1.56. The van der Waals surface area contributed by atoms with E-state index in [4.69, 9.17) is 9.15 Å². The van der Waals surface area contributed by atoms with Gasteiger partial charge in [0.1, 0.15) is 12.4 Å². The maximum atomic E-state index is 13.5. The molecule has 1 aromatic heterocycles. The summed E-state index contributed by atoms with van der Waals surface area (Å²) < 4.78 is 51.0. The lowest BCUT2D eigenvalue weighted by Gasteiger charge is -2.24. The number of amides is 1. The normalized spacial score (nSPS) is 16.2. The second-order valence-corrected chi connectivity index (χ2v) is 6.43. The first-order chi connectivity index (χ1) is 13.4. The fourth-order valence-corrected chi connectivity index (χ4v) is 3.16. The Kier molecular flexibility index (Phi) is 4.54. The van der Waals surface area contributed by atoms with Crippen molar-refractivity contribution in [1.82, 2.24) is 4.98 Å². The number of anilines is 1. The third-order valence-corrected chi connectivity index (χ3v) is 4.54. The Morgan fingerprint density at radius 3 is 2.75 bits per heavy atom. The Labute approximate surface area is 158 Å². The third kappa shape index (κ3) is 3.58. The Hall–Kier alpha value is -3.29. The van der Waals surface area contributed by atoms with Crippen LogP contribution in [-0.4, -0.2) is 17.5 Å². The average molecular weight is 388 g/mol. The number of nitrogens with one attached hydrogen (secondary N) is 1. The van der Waals surface area contributed by atoms with Gasteiger partial charge in [-0.25, -0.2) is 4.98 Å². The van der Waals surface area contributed by atoms with Crippen LogP contribution < -0.4 is 10.1 Å². The molecule has 1 aliphatic heterocycles. The molecule has 144 valence electrons. The largest absolute Gasteiger partial charge is 0.492 e. The number of hydrogen-bond acceptors (Lipinski definition) is 4. The summed E-state index contributed by atoms with van der Waals surface area (Å²) in [6.07, 6.45) is -1.88. The molecule has 0 saturated heterocycles. The number of nitrogens with zero attached hydrogens (tertiary/aromatic N) is 1. The zero-order valence-corrected chi connectivity index (χ0v) is 14.5. The quantitative estimate of drug-likeness (QED) is 0.715. The van der Waals surface area contributed by atoms with Gasteiger partial charge in [0.25, 0.3) is 0 Å². The van der Waals surface area contributed by atoms with Crippen LogP contribution in [0.3, 0.4) is 0 Å². The van der Waals surface area contributed by atoms with E-state index in [9.17, 15) is 18.0 Å². The summed E-state index contributed by atoms with van der Waals surface area (Å²) in [5.41, 5.74) is -0.102. The molecule has 1 aliphatic rings. The molecule has 0 saturated carbocycles. The second-order valence-electron chi connectivity index (χ2n) is 6.43. The molecule has 1 unspecified atom stereocenters. The smallest absolute Gasteiger partial charge is 0.417 e. The molecule has 0 spiro atoms. The number of carbonyl (C=O) groups excluding carboxylic acids is 1. The van der Waals surface area contributed by atoms with Crippen molar-refractivity contribution >= 4 is 11.6 Å². The van der Waals surface area contributed by atoms with Gasteiger partial charge in [0, 0.05) is 11.3 Å². The highest BCUT2D eigenvalue weighted by Crippen LogP contribution is 2.38. The summed E-state index contributed by atoms with van der Waals surface area (Å²) in [4.78, 5) is 16.2. The van der Waals surface area contributed by atoms with E-state index in [0.717, 1.165) is 23.8 Å². The minimum absolute atomic E-state index is 0.00230. The number of hydrogen-bond donors (Lipinski definition) is 1. The first kappa shape index (κ1) is 18.1. The van der Waals surface area contributed by atoms with Gasteiger partial charge in [-0.3, -0.25) is 4.79 Å². The van der Waals surface area contributed by atoms with Crippen LogP contribution in [0.2, 0.25) is 0 Å². The molecule has 1 amide bonds. The number of ether oxygens (including phenoxy) is 1. The van der Waals surface area contributed by atoms with Gasteiger partial charge in [0.05, 0.1) is 17.7 Å². The van der Waals surface area contributed by atoms with Crippen molar-refractivity contribution in [2.24, 2.45) is 5.92 Å². The lowest BCUT2D eigenvalue weighted by atomic mass is 9.96. The standard InChI is InChI=1S/C20H15F3N2O3/c21-20(22,23)16-8-14(5-6-15(16)18-9-24-11-28-18)25-19(26)13-7-12-3-1-2-4-17(12)27-10-13/h1-6,8-9,11,13H,7,10H2,(H,25,26). The SMILES string of the molecule is O=C(Nc1ccc(-c2cnco2)c(C(F)(F)F)c1)C1COc2ccccc2C1. The Morgan fingerprint density at radius 1 is 1.18 bits per heavy atom. The number of alkyl halides is 3. The lowest BCUT2D eigenvalue weighted by Crippen LogP contribution is -2.32. The molecular weight excluding hydrogens is 373 g/mol. The molecule has 2 aromatic carbocycles. The first-order valence-corrected chi connectivity index (χ1v) is 8.53. The van der Waals surface area contributed by atoms with Crippen molar-refractivity contribution < 1.29 is 27.1 Å². The van der Waals surface area contributed by atoms with Gasteiger partial charge < -0.3 is 14.5 Å². The Morgan fingerprint density at radius 2 is 2.00 bits per heavy atom. The van der Waals surface area contributed by atoms with Crippen molar-refractivity contribution in [2.45, 2.75) is 12.6 Å². The van der Waals surface area contributed by atoms with Crippen molar-refractivity contribution in [1.29, 1.82) is 0 Å². The summed E-state index contributed by atoms with van der Waals surface area (Å²) in [7, 11) is 0. The Bertz CT molecular complexity index is 1000. The summed E-state index contributed by atoms with van der Waals surface area (Å²) in [6, 6.07) is 10.9. The van der Waals surface area contributed by atoms with Gasteiger partial charge in [-0.2, -0.15) is 13.2 Å². The molecule has 3 aromatic rings. The maximum absolute atomic E-state index is 13.5. The predicted molar refractivity (Wildman–Crippen MR) is 94.7 cm³/mol. The average Bonchev–Trinajstić information content (AvgIpc) is 3.21. The van der Waals surface area contributed by atoms with E-state index < -0.39 is 23.6 Å². The molecule has 2 heterocycles. The van der Waals surface area contributed by atoms with E-state index in [-0.39, 0.29) is 23.6 Å². The molecule has 4 rings (SSSR count). The van der Waals surface area contributed by atoms with Crippen LogP contribution in [0, 0.1) is 5.92 Å². The van der Waals surface area contributed by atoms with Crippen LogP contribution in [0.25, 0.3) is 11.3 Å². The van der Waals surface area contributed by atoms with E-state index in [0.29, 0.717) is 6.42 Å². The number of halogens is 3. The van der Waals surface area contributed by atoms with Gasteiger partial charge in [-0.15, -0.1) is 0 Å². The van der Waals surface area contributed by atoms with Crippen LogP contribution in [-0.2, 0) is 17.4 Å². The fraction of sp³-hybridized carbons (Fsp3) is 0.200.